The van der Waals surface area contributed by atoms with E-state index in [2.05, 4.69) is 16.0 Å². The van der Waals surface area contributed by atoms with Crippen molar-refractivity contribution in [2.75, 3.05) is 13.1 Å². The Labute approximate surface area is 130 Å². The molecule has 3 nitrogen and oxygen atoms in total. The third kappa shape index (κ3) is 3.96. The summed E-state index contributed by atoms with van der Waals surface area (Å²) < 4.78 is 6.01. The van der Waals surface area contributed by atoms with Crippen LogP contribution in [0.1, 0.15) is 18.4 Å². The van der Waals surface area contributed by atoms with E-state index in [1.54, 1.807) is 0 Å². The third-order valence-electron chi connectivity index (χ3n) is 3.79. The molecule has 0 atom stereocenters. The fourth-order valence-electron chi connectivity index (χ4n) is 2.65. The van der Waals surface area contributed by atoms with E-state index in [9.17, 15) is 0 Å². The van der Waals surface area contributed by atoms with Crippen LogP contribution in [-0.2, 0) is 6.54 Å². The second kappa shape index (κ2) is 6.92. The van der Waals surface area contributed by atoms with Gasteiger partial charge in [-0.15, -0.1) is 0 Å². The van der Waals surface area contributed by atoms with Crippen molar-refractivity contribution in [3.8, 4) is 5.75 Å². The molecule has 0 aliphatic carbocycles. The minimum atomic E-state index is 0.259. The van der Waals surface area contributed by atoms with Gasteiger partial charge in [-0.3, -0.25) is 9.88 Å². The average molecular weight is 303 g/mol. The summed E-state index contributed by atoms with van der Waals surface area (Å²) in [7, 11) is 0. The minimum Gasteiger partial charge on any atom is -0.489 e. The zero-order chi connectivity index (χ0) is 14.5. The van der Waals surface area contributed by atoms with Crippen molar-refractivity contribution in [2.45, 2.75) is 25.5 Å². The van der Waals surface area contributed by atoms with Gasteiger partial charge in [0.15, 0.2) is 0 Å². The number of benzene rings is 1. The van der Waals surface area contributed by atoms with Crippen molar-refractivity contribution in [3.05, 3.63) is 59.4 Å². The maximum absolute atomic E-state index is 6.14. The van der Waals surface area contributed by atoms with E-state index in [-0.39, 0.29) is 6.10 Å². The van der Waals surface area contributed by atoms with Crippen LogP contribution in [0.3, 0.4) is 0 Å². The van der Waals surface area contributed by atoms with Crippen LogP contribution >= 0.6 is 11.6 Å². The molecule has 2 heterocycles. The summed E-state index contributed by atoms with van der Waals surface area (Å²) in [6.45, 7) is 3.06. The van der Waals surface area contributed by atoms with Crippen molar-refractivity contribution in [3.63, 3.8) is 0 Å². The number of hydrogen-bond donors (Lipinski definition) is 0. The van der Waals surface area contributed by atoms with Gasteiger partial charge in [0.1, 0.15) is 11.9 Å². The Kier molecular flexibility index (Phi) is 4.73. The summed E-state index contributed by atoms with van der Waals surface area (Å²) >= 11 is 6.14. The molecule has 0 radical (unpaired) electrons. The molecule has 21 heavy (non-hydrogen) atoms. The topological polar surface area (TPSA) is 25.4 Å². The first kappa shape index (κ1) is 14.4. The highest BCUT2D eigenvalue weighted by molar-refractivity contribution is 6.32. The van der Waals surface area contributed by atoms with Gasteiger partial charge in [-0.05, 0) is 36.6 Å². The molecule has 110 valence electrons. The van der Waals surface area contributed by atoms with Gasteiger partial charge in [0.25, 0.3) is 0 Å². The summed E-state index contributed by atoms with van der Waals surface area (Å²) in [5.74, 6) is 0.796. The summed E-state index contributed by atoms with van der Waals surface area (Å²) in [4.78, 5) is 6.61. The van der Waals surface area contributed by atoms with E-state index in [0.717, 1.165) is 38.2 Å². The monoisotopic (exact) mass is 302 g/mol. The number of ether oxygens (including phenoxy) is 1. The van der Waals surface area contributed by atoms with E-state index in [4.69, 9.17) is 16.3 Å². The van der Waals surface area contributed by atoms with Crippen LogP contribution in [0.15, 0.2) is 48.8 Å². The summed E-state index contributed by atoms with van der Waals surface area (Å²) in [5, 5.41) is 0.690. The van der Waals surface area contributed by atoms with Gasteiger partial charge in [0.05, 0.1) is 5.02 Å². The number of aromatic nitrogens is 1. The molecular formula is C17H19ClN2O. The molecule has 1 saturated heterocycles. The Hall–Kier alpha value is -1.58. The normalized spacial score (nSPS) is 16.8. The molecule has 0 unspecified atom stereocenters. The second-order valence-electron chi connectivity index (χ2n) is 5.39. The Morgan fingerprint density at radius 2 is 1.95 bits per heavy atom. The molecule has 3 rings (SSSR count). The van der Waals surface area contributed by atoms with E-state index < -0.39 is 0 Å². The first-order valence-corrected chi connectivity index (χ1v) is 7.71. The lowest BCUT2D eigenvalue weighted by atomic mass is 10.1. The minimum absolute atomic E-state index is 0.259. The zero-order valence-corrected chi connectivity index (χ0v) is 12.7. The first-order chi connectivity index (χ1) is 10.3. The largest absolute Gasteiger partial charge is 0.489 e. The van der Waals surface area contributed by atoms with Gasteiger partial charge in [0.2, 0.25) is 0 Å². The highest BCUT2D eigenvalue weighted by Gasteiger charge is 2.21. The number of nitrogens with zero attached hydrogens (tertiary/aromatic N) is 2. The molecule has 2 aromatic rings. The van der Waals surface area contributed by atoms with E-state index >= 15 is 0 Å². The molecule has 0 amide bonds. The van der Waals surface area contributed by atoms with Crippen molar-refractivity contribution < 1.29 is 4.74 Å². The lowest BCUT2D eigenvalue weighted by molar-refractivity contribution is 0.0968. The van der Waals surface area contributed by atoms with E-state index in [0.29, 0.717) is 5.02 Å². The van der Waals surface area contributed by atoms with E-state index in [1.165, 1.54) is 5.56 Å². The van der Waals surface area contributed by atoms with Gasteiger partial charge in [-0.1, -0.05) is 29.8 Å². The van der Waals surface area contributed by atoms with Crippen molar-refractivity contribution in [1.29, 1.82) is 0 Å². The lowest BCUT2D eigenvalue weighted by Crippen LogP contribution is -2.37. The van der Waals surface area contributed by atoms with E-state index in [1.807, 2.05) is 42.7 Å². The number of halogens is 1. The van der Waals surface area contributed by atoms with Gasteiger partial charge < -0.3 is 4.74 Å². The molecule has 1 aromatic heterocycles. The highest BCUT2D eigenvalue weighted by atomic mass is 35.5. The molecule has 4 heteroatoms. The lowest BCUT2D eigenvalue weighted by Gasteiger charge is -2.32. The van der Waals surface area contributed by atoms with Crippen LogP contribution in [0, 0.1) is 0 Å². The quantitative estimate of drug-likeness (QED) is 0.859. The molecule has 0 bridgehead atoms. The Morgan fingerprint density at radius 1 is 1.14 bits per heavy atom. The standard InChI is InChI=1S/C17H19ClN2O/c18-16-5-1-2-6-17(16)21-15-7-10-20(11-8-15)13-14-4-3-9-19-12-14/h1-6,9,12,15H,7-8,10-11,13H2. The van der Waals surface area contributed by atoms with Gasteiger partial charge in [-0.25, -0.2) is 0 Å². The molecule has 0 spiro atoms. The van der Waals surface area contributed by atoms with Gasteiger partial charge in [-0.2, -0.15) is 0 Å². The molecular weight excluding hydrogens is 284 g/mol. The number of pyridine rings is 1. The highest BCUT2D eigenvalue weighted by Crippen LogP contribution is 2.27. The van der Waals surface area contributed by atoms with Crippen molar-refractivity contribution in [1.82, 2.24) is 9.88 Å². The Morgan fingerprint density at radius 3 is 2.67 bits per heavy atom. The molecule has 1 aromatic carbocycles. The number of likely N-dealkylation sites (tertiary alicyclic amines) is 1. The smallest absolute Gasteiger partial charge is 0.138 e. The number of rotatable bonds is 4. The number of para-hydroxylation sites is 1. The Bertz CT molecular complexity index is 568. The number of piperidine rings is 1. The van der Waals surface area contributed by atoms with Crippen LogP contribution in [0.2, 0.25) is 5.02 Å². The number of hydrogen-bond acceptors (Lipinski definition) is 3. The van der Waals surface area contributed by atoms with Crippen LogP contribution < -0.4 is 4.74 Å². The summed E-state index contributed by atoms with van der Waals surface area (Å²) in [5.41, 5.74) is 1.27. The SMILES string of the molecule is Clc1ccccc1OC1CCN(Cc2cccnc2)CC1. The van der Waals surface area contributed by atoms with Crippen LogP contribution in [0.4, 0.5) is 0 Å². The Balaban J connectivity index is 1.50. The maximum atomic E-state index is 6.14. The summed E-state index contributed by atoms with van der Waals surface area (Å²) in [6.07, 6.45) is 6.08. The third-order valence-corrected chi connectivity index (χ3v) is 4.11. The average Bonchev–Trinajstić information content (AvgIpc) is 2.52. The summed E-state index contributed by atoms with van der Waals surface area (Å²) in [6, 6.07) is 11.8. The predicted octanol–water partition coefficient (Wildman–Crippen LogP) is 3.78. The van der Waals surface area contributed by atoms with Crippen LogP contribution in [-0.4, -0.2) is 29.1 Å². The molecule has 0 N–H and O–H groups in total. The zero-order valence-electron chi connectivity index (χ0n) is 11.9. The predicted molar refractivity (Wildman–Crippen MR) is 84.6 cm³/mol. The van der Waals surface area contributed by atoms with Gasteiger partial charge >= 0.3 is 0 Å². The van der Waals surface area contributed by atoms with Crippen LogP contribution in [0.25, 0.3) is 0 Å². The fraction of sp³-hybridized carbons (Fsp3) is 0.353. The van der Waals surface area contributed by atoms with Gasteiger partial charge in [0, 0.05) is 32.0 Å². The maximum Gasteiger partial charge on any atom is 0.138 e. The first-order valence-electron chi connectivity index (χ1n) is 7.34. The molecule has 1 aliphatic rings. The second-order valence-corrected chi connectivity index (χ2v) is 5.79. The molecule has 1 fully saturated rings. The fourth-order valence-corrected chi connectivity index (χ4v) is 2.84. The van der Waals surface area contributed by atoms with Crippen molar-refractivity contribution in [2.24, 2.45) is 0 Å². The van der Waals surface area contributed by atoms with Crippen LogP contribution in [0.5, 0.6) is 5.75 Å². The molecule has 0 saturated carbocycles. The van der Waals surface area contributed by atoms with Crippen molar-refractivity contribution >= 4 is 11.6 Å². The molecule has 1 aliphatic heterocycles.